The number of carbonyl (C=O) groups excluding carboxylic acids is 1. The van der Waals surface area contributed by atoms with Crippen molar-refractivity contribution in [2.24, 2.45) is 5.92 Å². The van der Waals surface area contributed by atoms with Crippen molar-refractivity contribution in [3.63, 3.8) is 0 Å². The number of hydrogen-bond donors (Lipinski definition) is 2. The molecular weight excluding hydrogens is 352 g/mol. The molecule has 2 saturated heterocycles. The number of hydrogen-bond acceptors (Lipinski definition) is 5. The number of carbonyl (C=O) groups is 1. The lowest BCUT2D eigenvalue weighted by atomic mass is 10.0. The monoisotopic (exact) mass is 380 g/mol. The van der Waals surface area contributed by atoms with E-state index in [0.29, 0.717) is 18.0 Å². The molecule has 0 aliphatic carbocycles. The van der Waals surface area contributed by atoms with Crippen LogP contribution in [0.15, 0.2) is 23.1 Å². The molecule has 2 fully saturated rings. The zero-order valence-corrected chi connectivity index (χ0v) is 16.3. The Kier molecular flexibility index (Phi) is 5.84. The number of piperidine rings is 1. The maximum atomic E-state index is 12.8. The Morgan fingerprint density at radius 2 is 1.92 bits per heavy atom. The summed E-state index contributed by atoms with van der Waals surface area (Å²) in [7, 11) is -0.586. The van der Waals surface area contributed by atoms with Gasteiger partial charge in [-0.15, -0.1) is 0 Å². The van der Waals surface area contributed by atoms with Crippen molar-refractivity contribution in [1.29, 1.82) is 0 Å². The minimum Gasteiger partial charge on any atom is -0.371 e. The fourth-order valence-electron chi connectivity index (χ4n) is 3.30. The Morgan fingerprint density at radius 3 is 2.50 bits per heavy atom. The molecule has 0 spiro atoms. The smallest absolute Gasteiger partial charge is 0.253 e. The maximum Gasteiger partial charge on any atom is 0.253 e. The quantitative estimate of drug-likeness (QED) is 0.766. The molecule has 144 valence electrons. The molecule has 1 amide bonds. The third-order valence-corrected chi connectivity index (χ3v) is 6.92. The van der Waals surface area contributed by atoms with E-state index in [1.807, 2.05) is 0 Å². The first-order valence-corrected chi connectivity index (χ1v) is 10.6. The highest BCUT2D eigenvalue weighted by Crippen LogP contribution is 2.28. The summed E-state index contributed by atoms with van der Waals surface area (Å²) in [6.45, 7) is 4.22. The van der Waals surface area contributed by atoms with Gasteiger partial charge in [0.05, 0.1) is 10.5 Å². The molecule has 0 atom stereocenters. The first-order chi connectivity index (χ1) is 12.4. The Balaban J connectivity index is 1.91. The van der Waals surface area contributed by atoms with Gasteiger partial charge in [-0.25, -0.2) is 12.7 Å². The average molecular weight is 381 g/mol. The van der Waals surface area contributed by atoms with Gasteiger partial charge in [-0.05, 0) is 37.5 Å². The molecule has 2 aliphatic rings. The summed E-state index contributed by atoms with van der Waals surface area (Å²) in [5.41, 5.74) is 1.27. The number of benzene rings is 1. The van der Waals surface area contributed by atoms with Crippen molar-refractivity contribution in [3.05, 3.63) is 23.8 Å². The van der Waals surface area contributed by atoms with Gasteiger partial charge in [0.25, 0.3) is 5.91 Å². The standard InChI is InChI=1S/C18H28N4O3S/c1-21(2)26(24,25)15-6-7-17(22-8-4-3-5-9-22)16(10-15)18(23)20-13-14-11-19-12-14/h6-7,10,14,19H,3-5,8-9,11-13H2,1-2H3,(H,20,23). The molecule has 0 aromatic heterocycles. The zero-order valence-electron chi connectivity index (χ0n) is 15.5. The van der Waals surface area contributed by atoms with Gasteiger partial charge in [-0.3, -0.25) is 4.79 Å². The predicted molar refractivity (Wildman–Crippen MR) is 102 cm³/mol. The molecule has 0 saturated carbocycles. The van der Waals surface area contributed by atoms with Crippen LogP contribution in [0.3, 0.4) is 0 Å². The second kappa shape index (κ2) is 7.94. The van der Waals surface area contributed by atoms with Crippen LogP contribution < -0.4 is 15.5 Å². The van der Waals surface area contributed by atoms with E-state index in [2.05, 4.69) is 15.5 Å². The number of nitrogens with zero attached hydrogens (tertiary/aromatic N) is 2. The molecule has 2 N–H and O–H groups in total. The molecule has 0 radical (unpaired) electrons. The molecule has 2 heterocycles. The summed E-state index contributed by atoms with van der Waals surface area (Å²) in [5, 5.41) is 6.16. The van der Waals surface area contributed by atoms with E-state index >= 15 is 0 Å². The summed E-state index contributed by atoms with van der Waals surface area (Å²) in [4.78, 5) is 15.2. The molecule has 3 rings (SSSR count). The van der Waals surface area contributed by atoms with Crippen LogP contribution in [-0.2, 0) is 10.0 Å². The largest absolute Gasteiger partial charge is 0.371 e. The molecule has 0 unspecified atom stereocenters. The van der Waals surface area contributed by atoms with Crippen LogP contribution in [0.5, 0.6) is 0 Å². The van der Waals surface area contributed by atoms with E-state index in [0.717, 1.165) is 44.7 Å². The van der Waals surface area contributed by atoms with Crippen LogP contribution in [0.25, 0.3) is 0 Å². The third-order valence-electron chi connectivity index (χ3n) is 5.11. The Hall–Kier alpha value is -1.64. The molecular formula is C18H28N4O3S. The van der Waals surface area contributed by atoms with Gasteiger partial charge in [0, 0.05) is 58.4 Å². The van der Waals surface area contributed by atoms with Crippen molar-refractivity contribution >= 4 is 21.6 Å². The molecule has 7 nitrogen and oxygen atoms in total. The molecule has 0 bridgehead atoms. The van der Waals surface area contributed by atoms with Crippen molar-refractivity contribution in [1.82, 2.24) is 14.9 Å². The number of nitrogens with one attached hydrogen (secondary N) is 2. The fourth-order valence-corrected chi connectivity index (χ4v) is 4.23. The van der Waals surface area contributed by atoms with E-state index in [9.17, 15) is 13.2 Å². The zero-order chi connectivity index (χ0) is 18.7. The van der Waals surface area contributed by atoms with Crippen molar-refractivity contribution in [2.45, 2.75) is 24.2 Å². The summed E-state index contributed by atoms with van der Waals surface area (Å²) < 4.78 is 26.1. The van der Waals surface area contributed by atoms with Crippen LogP contribution in [0.1, 0.15) is 29.6 Å². The number of anilines is 1. The molecule has 1 aromatic rings. The average Bonchev–Trinajstić information content (AvgIpc) is 2.60. The predicted octanol–water partition coefficient (Wildman–Crippen LogP) is 0.876. The lowest BCUT2D eigenvalue weighted by Crippen LogP contribution is -2.48. The summed E-state index contributed by atoms with van der Waals surface area (Å²) >= 11 is 0. The normalized spacial score (nSPS) is 18.7. The first-order valence-electron chi connectivity index (χ1n) is 9.20. The fraction of sp³-hybridized carbons (Fsp3) is 0.611. The highest BCUT2D eigenvalue weighted by Gasteiger charge is 2.25. The van der Waals surface area contributed by atoms with E-state index < -0.39 is 10.0 Å². The molecule has 1 aromatic carbocycles. The highest BCUT2D eigenvalue weighted by atomic mass is 32.2. The minimum atomic E-state index is -3.58. The van der Waals surface area contributed by atoms with Crippen molar-refractivity contribution < 1.29 is 13.2 Å². The van der Waals surface area contributed by atoms with Gasteiger partial charge in [0.1, 0.15) is 0 Å². The third kappa shape index (κ3) is 4.02. The Bertz CT molecular complexity index is 754. The summed E-state index contributed by atoms with van der Waals surface area (Å²) in [5.74, 6) is 0.249. The van der Waals surface area contributed by atoms with Crippen LogP contribution in [0.2, 0.25) is 0 Å². The summed E-state index contributed by atoms with van der Waals surface area (Å²) in [6.07, 6.45) is 3.37. The van der Waals surface area contributed by atoms with Crippen LogP contribution in [-0.4, -0.2) is 65.4 Å². The van der Waals surface area contributed by atoms with Crippen molar-refractivity contribution in [3.8, 4) is 0 Å². The second-order valence-electron chi connectivity index (χ2n) is 7.25. The van der Waals surface area contributed by atoms with Gasteiger partial charge in [0.15, 0.2) is 0 Å². The Labute approximate surface area is 155 Å². The van der Waals surface area contributed by atoms with Gasteiger partial charge in [-0.2, -0.15) is 0 Å². The van der Waals surface area contributed by atoms with Gasteiger partial charge < -0.3 is 15.5 Å². The lowest BCUT2D eigenvalue weighted by molar-refractivity contribution is 0.0942. The van der Waals surface area contributed by atoms with Crippen LogP contribution >= 0.6 is 0 Å². The van der Waals surface area contributed by atoms with Gasteiger partial charge in [0.2, 0.25) is 10.0 Å². The van der Waals surface area contributed by atoms with E-state index in [4.69, 9.17) is 0 Å². The number of amides is 1. The maximum absolute atomic E-state index is 12.8. The Morgan fingerprint density at radius 1 is 1.23 bits per heavy atom. The van der Waals surface area contributed by atoms with E-state index in [-0.39, 0.29) is 10.8 Å². The number of sulfonamides is 1. The van der Waals surface area contributed by atoms with Crippen LogP contribution in [0, 0.1) is 5.92 Å². The minimum absolute atomic E-state index is 0.152. The van der Waals surface area contributed by atoms with Crippen molar-refractivity contribution in [2.75, 3.05) is 51.7 Å². The van der Waals surface area contributed by atoms with Gasteiger partial charge in [-0.1, -0.05) is 0 Å². The molecule has 8 heteroatoms. The van der Waals surface area contributed by atoms with Crippen LogP contribution in [0.4, 0.5) is 5.69 Å². The highest BCUT2D eigenvalue weighted by molar-refractivity contribution is 7.89. The lowest BCUT2D eigenvalue weighted by Gasteiger charge is -2.31. The van der Waals surface area contributed by atoms with E-state index in [1.165, 1.54) is 30.9 Å². The van der Waals surface area contributed by atoms with Gasteiger partial charge >= 0.3 is 0 Å². The summed E-state index contributed by atoms with van der Waals surface area (Å²) in [6, 6.07) is 4.90. The second-order valence-corrected chi connectivity index (χ2v) is 9.40. The van der Waals surface area contributed by atoms with E-state index in [1.54, 1.807) is 12.1 Å². The molecule has 2 aliphatic heterocycles. The first kappa shape index (κ1) is 19.1. The molecule has 26 heavy (non-hydrogen) atoms. The SMILES string of the molecule is CN(C)S(=O)(=O)c1ccc(N2CCCCC2)c(C(=O)NCC2CNC2)c1. The topological polar surface area (TPSA) is 81.8 Å². The number of rotatable bonds is 6.